The molecule has 11 nitrogen and oxygen atoms in total. The van der Waals surface area contributed by atoms with Crippen molar-refractivity contribution < 1.29 is 19.4 Å². The highest BCUT2D eigenvalue weighted by Crippen LogP contribution is 2.29. The van der Waals surface area contributed by atoms with Crippen molar-refractivity contribution in [1.29, 1.82) is 0 Å². The van der Waals surface area contributed by atoms with E-state index in [1.165, 1.54) is 0 Å². The third-order valence-electron chi connectivity index (χ3n) is 4.45. The van der Waals surface area contributed by atoms with Crippen LogP contribution in [0.3, 0.4) is 0 Å². The number of aliphatic carboxylic acids is 1. The fourth-order valence-electron chi connectivity index (χ4n) is 3.12. The van der Waals surface area contributed by atoms with Gasteiger partial charge in [0.05, 0.1) is 30.8 Å². The molecule has 1 aliphatic heterocycles. The first-order chi connectivity index (χ1) is 15.4. The molecule has 1 fully saturated rings. The quantitative estimate of drug-likeness (QED) is 0.450. The lowest BCUT2D eigenvalue weighted by atomic mass is 10.1. The number of hydrogen-bond donors (Lipinski definition) is 4. The summed E-state index contributed by atoms with van der Waals surface area (Å²) in [6.07, 6.45) is 7.27. The number of H-pyrrole nitrogens is 1. The number of carboxylic acids is 1. The summed E-state index contributed by atoms with van der Waals surface area (Å²) < 4.78 is 11.3. The monoisotopic (exact) mass is 441 g/mol. The summed E-state index contributed by atoms with van der Waals surface area (Å²) in [5, 5.41) is 21.2. The van der Waals surface area contributed by atoms with Gasteiger partial charge in [-0.05, 0) is 37.9 Å². The number of ether oxygens (including phenoxy) is 2. The van der Waals surface area contributed by atoms with Crippen LogP contribution in [-0.2, 0) is 4.79 Å². The molecule has 0 bridgehead atoms. The number of carboxylic acid groups (broad SMARTS) is 1. The van der Waals surface area contributed by atoms with Crippen LogP contribution < -0.4 is 20.1 Å². The summed E-state index contributed by atoms with van der Waals surface area (Å²) in [7, 11) is 1.59. The van der Waals surface area contributed by atoms with E-state index in [1.807, 2.05) is 19.1 Å². The maximum absolute atomic E-state index is 9.00. The molecular formula is C21H27N7O4. The number of carbonyl (C=O) groups is 1. The molecule has 1 saturated heterocycles. The predicted molar refractivity (Wildman–Crippen MR) is 118 cm³/mol. The Morgan fingerprint density at radius 1 is 1.28 bits per heavy atom. The van der Waals surface area contributed by atoms with E-state index in [4.69, 9.17) is 19.4 Å². The molecular weight excluding hydrogens is 414 g/mol. The molecule has 32 heavy (non-hydrogen) atoms. The van der Waals surface area contributed by atoms with Crippen molar-refractivity contribution in [2.75, 3.05) is 25.5 Å². The molecule has 4 rings (SSSR count). The number of anilines is 2. The highest BCUT2D eigenvalue weighted by Gasteiger charge is 2.16. The minimum absolute atomic E-state index is 0.123. The maximum atomic E-state index is 9.00. The van der Waals surface area contributed by atoms with Crippen LogP contribution in [-0.4, -0.2) is 62.5 Å². The van der Waals surface area contributed by atoms with Crippen LogP contribution in [0.5, 0.6) is 11.8 Å². The first-order valence-electron chi connectivity index (χ1n) is 10.2. The van der Waals surface area contributed by atoms with Crippen LogP contribution in [0.2, 0.25) is 0 Å². The number of hydrogen-bond acceptors (Lipinski definition) is 9. The number of aryl methyl sites for hydroxylation is 1. The summed E-state index contributed by atoms with van der Waals surface area (Å²) >= 11 is 0. The van der Waals surface area contributed by atoms with Crippen LogP contribution in [0.1, 0.15) is 25.3 Å². The van der Waals surface area contributed by atoms with Gasteiger partial charge in [-0.1, -0.05) is 0 Å². The SMILES string of the molecule is CC(=O)O.COc1ncc(C)cc1-c1cc(Nc2cncc(O[C@@H]3CCCNC3)n2)[nH]n1. The summed E-state index contributed by atoms with van der Waals surface area (Å²) in [6, 6.07) is 3.86. The molecule has 4 N–H and O–H groups in total. The zero-order valence-electron chi connectivity index (χ0n) is 18.3. The van der Waals surface area contributed by atoms with E-state index in [0.29, 0.717) is 23.4 Å². The second-order valence-corrected chi connectivity index (χ2v) is 7.21. The Morgan fingerprint density at radius 3 is 2.81 bits per heavy atom. The van der Waals surface area contributed by atoms with Gasteiger partial charge in [0.25, 0.3) is 5.97 Å². The fourth-order valence-corrected chi connectivity index (χ4v) is 3.12. The van der Waals surface area contributed by atoms with Crippen LogP contribution in [0, 0.1) is 6.92 Å². The lowest BCUT2D eigenvalue weighted by Crippen LogP contribution is -2.37. The van der Waals surface area contributed by atoms with Crippen LogP contribution >= 0.6 is 0 Å². The molecule has 1 aliphatic rings. The molecule has 11 heteroatoms. The van der Waals surface area contributed by atoms with Crippen molar-refractivity contribution in [1.82, 2.24) is 30.5 Å². The Bertz CT molecular complexity index is 1030. The average molecular weight is 441 g/mol. The lowest BCUT2D eigenvalue weighted by Gasteiger charge is -2.23. The Kier molecular flexibility index (Phi) is 7.92. The summed E-state index contributed by atoms with van der Waals surface area (Å²) in [6.45, 7) is 4.93. The fraction of sp³-hybridized carbons (Fsp3) is 0.381. The molecule has 0 radical (unpaired) electrons. The average Bonchev–Trinajstić information content (AvgIpc) is 3.22. The van der Waals surface area contributed by atoms with E-state index in [0.717, 1.165) is 49.7 Å². The lowest BCUT2D eigenvalue weighted by molar-refractivity contribution is -0.134. The summed E-state index contributed by atoms with van der Waals surface area (Å²) in [5.74, 6) is 1.46. The predicted octanol–water partition coefficient (Wildman–Crippen LogP) is 2.54. The summed E-state index contributed by atoms with van der Waals surface area (Å²) in [5.41, 5.74) is 2.57. The van der Waals surface area contributed by atoms with Gasteiger partial charge in [0, 0.05) is 25.7 Å². The molecule has 0 unspecified atom stereocenters. The van der Waals surface area contributed by atoms with Crippen LogP contribution in [0.15, 0.2) is 30.7 Å². The first-order valence-corrected chi connectivity index (χ1v) is 10.2. The number of aromatic nitrogens is 5. The number of rotatable bonds is 6. The molecule has 3 aromatic rings. The highest BCUT2D eigenvalue weighted by molar-refractivity contribution is 5.69. The number of methoxy groups -OCH3 is 1. The van der Waals surface area contributed by atoms with Crippen molar-refractivity contribution in [3.8, 4) is 23.0 Å². The van der Waals surface area contributed by atoms with Gasteiger partial charge >= 0.3 is 0 Å². The van der Waals surface area contributed by atoms with Gasteiger partial charge in [0.15, 0.2) is 5.82 Å². The van der Waals surface area contributed by atoms with Gasteiger partial charge < -0.3 is 25.2 Å². The van der Waals surface area contributed by atoms with E-state index < -0.39 is 5.97 Å². The third-order valence-corrected chi connectivity index (χ3v) is 4.45. The van der Waals surface area contributed by atoms with Gasteiger partial charge in [-0.3, -0.25) is 14.9 Å². The standard InChI is InChI=1S/C19H23N7O2.C2H4O2/c1-12-6-14(19(27-2)22-8-12)15-7-16(26-25-15)23-17-10-21-11-18(24-17)28-13-4-3-5-20-9-13;1-2(3)4/h6-8,10-11,13,20H,3-5,9H2,1-2H3,(H2,23,24,25,26);1H3,(H,3,4)/t13-;/m1./s1. The van der Waals surface area contributed by atoms with Gasteiger partial charge in [-0.2, -0.15) is 10.1 Å². The van der Waals surface area contributed by atoms with Crippen molar-refractivity contribution in [2.24, 2.45) is 0 Å². The Hall–Kier alpha value is -3.73. The normalized spacial score (nSPS) is 15.3. The largest absolute Gasteiger partial charge is 0.481 e. The van der Waals surface area contributed by atoms with E-state index in [1.54, 1.807) is 25.7 Å². The highest BCUT2D eigenvalue weighted by atomic mass is 16.5. The molecule has 3 aromatic heterocycles. The molecule has 0 aromatic carbocycles. The van der Waals surface area contributed by atoms with E-state index in [-0.39, 0.29) is 6.10 Å². The summed E-state index contributed by atoms with van der Waals surface area (Å²) in [4.78, 5) is 22.0. The molecule has 0 spiro atoms. The number of nitrogens with one attached hydrogen (secondary N) is 3. The molecule has 1 atom stereocenters. The van der Waals surface area contributed by atoms with Gasteiger partial charge in [0.1, 0.15) is 11.9 Å². The Labute approximate surface area is 185 Å². The van der Waals surface area contributed by atoms with Crippen molar-refractivity contribution in [3.63, 3.8) is 0 Å². The zero-order chi connectivity index (χ0) is 22.9. The third kappa shape index (κ3) is 6.64. The van der Waals surface area contributed by atoms with Crippen LogP contribution in [0.4, 0.5) is 11.6 Å². The van der Waals surface area contributed by atoms with Crippen molar-refractivity contribution >= 4 is 17.6 Å². The number of pyridine rings is 1. The zero-order valence-corrected chi connectivity index (χ0v) is 18.3. The van der Waals surface area contributed by atoms with Crippen molar-refractivity contribution in [2.45, 2.75) is 32.8 Å². The van der Waals surface area contributed by atoms with Gasteiger partial charge in [0.2, 0.25) is 11.8 Å². The first kappa shape index (κ1) is 22.9. The second-order valence-electron chi connectivity index (χ2n) is 7.21. The number of aromatic amines is 1. The minimum Gasteiger partial charge on any atom is -0.481 e. The van der Waals surface area contributed by atoms with E-state index in [2.05, 4.69) is 35.8 Å². The van der Waals surface area contributed by atoms with Crippen molar-refractivity contribution in [3.05, 3.63) is 36.3 Å². The maximum Gasteiger partial charge on any atom is 0.300 e. The van der Waals surface area contributed by atoms with Crippen LogP contribution in [0.25, 0.3) is 11.3 Å². The van der Waals surface area contributed by atoms with E-state index >= 15 is 0 Å². The molecule has 170 valence electrons. The Balaban J connectivity index is 0.000000668. The Morgan fingerprint density at radius 2 is 2.09 bits per heavy atom. The minimum atomic E-state index is -0.833. The van der Waals surface area contributed by atoms with Gasteiger partial charge in [-0.25, -0.2) is 4.98 Å². The number of piperidine rings is 1. The second kappa shape index (κ2) is 11.0. The number of nitrogens with zero attached hydrogens (tertiary/aromatic N) is 4. The molecule has 0 saturated carbocycles. The molecule has 0 aliphatic carbocycles. The van der Waals surface area contributed by atoms with Gasteiger partial charge in [-0.15, -0.1) is 0 Å². The van der Waals surface area contributed by atoms with E-state index in [9.17, 15) is 0 Å². The topological polar surface area (TPSA) is 147 Å². The smallest absolute Gasteiger partial charge is 0.300 e. The molecule has 0 amide bonds. The molecule has 4 heterocycles.